The number of H-pyrrole nitrogens is 1. The average molecular weight is 243 g/mol. The van der Waals surface area contributed by atoms with Gasteiger partial charge in [-0.25, -0.2) is 0 Å². The molecule has 0 atom stereocenters. The van der Waals surface area contributed by atoms with E-state index in [1.807, 2.05) is 13.0 Å². The van der Waals surface area contributed by atoms with Crippen molar-refractivity contribution < 1.29 is 9.59 Å². The Kier molecular flexibility index (Phi) is 3.14. The molecule has 1 aromatic heterocycles. The first-order valence-electron chi connectivity index (χ1n) is 5.41. The minimum atomic E-state index is -0.335. The number of rotatable bonds is 3. The topological polar surface area (TPSA) is 88.0 Å². The van der Waals surface area contributed by atoms with Gasteiger partial charge in [0.25, 0.3) is 5.91 Å². The predicted octanol–water partition coefficient (Wildman–Crippen LogP) is 1.97. The van der Waals surface area contributed by atoms with Gasteiger partial charge in [0.15, 0.2) is 6.29 Å². The van der Waals surface area contributed by atoms with Gasteiger partial charge in [-0.1, -0.05) is 6.07 Å². The Morgan fingerprint density at radius 2 is 2.17 bits per heavy atom. The number of benzene rings is 1. The molecule has 0 aliphatic heterocycles. The van der Waals surface area contributed by atoms with E-state index in [9.17, 15) is 9.59 Å². The zero-order valence-corrected chi connectivity index (χ0v) is 9.86. The Balaban J connectivity index is 2.18. The third kappa shape index (κ3) is 2.40. The maximum absolute atomic E-state index is 11.9. The van der Waals surface area contributed by atoms with Crippen LogP contribution in [0.4, 0.5) is 11.4 Å². The summed E-state index contributed by atoms with van der Waals surface area (Å²) in [5.74, 6) is -0.335. The lowest BCUT2D eigenvalue weighted by molar-refractivity contribution is 0.102. The van der Waals surface area contributed by atoms with E-state index in [4.69, 9.17) is 5.73 Å². The molecule has 1 heterocycles. The molecule has 1 amide bonds. The Labute approximate surface area is 104 Å². The molecule has 0 aliphatic rings. The van der Waals surface area contributed by atoms with Crippen LogP contribution in [0.2, 0.25) is 0 Å². The van der Waals surface area contributed by atoms with Gasteiger partial charge < -0.3 is 16.0 Å². The molecule has 0 saturated heterocycles. The molecule has 5 nitrogen and oxygen atoms in total. The molecule has 4 N–H and O–H groups in total. The molecule has 0 unspecified atom stereocenters. The van der Waals surface area contributed by atoms with Crippen molar-refractivity contribution >= 4 is 23.6 Å². The summed E-state index contributed by atoms with van der Waals surface area (Å²) in [5, 5.41) is 2.68. The largest absolute Gasteiger partial charge is 0.397 e. The van der Waals surface area contributed by atoms with Crippen molar-refractivity contribution in [3.8, 4) is 0 Å². The summed E-state index contributed by atoms with van der Waals surface area (Å²) < 4.78 is 0. The van der Waals surface area contributed by atoms with E-state index in [-0.39, 0.29) is 5.91 Å². The lowest BCUT2D eigenvalue weighted by Crippen LogP contribution is -2.13. The van der Waals surface area contributed by atoms with E-state index in [2.05, 4.69) is 10.3 Å². The molecule has 0 saturated carbocycles. The van der Waals surface area contributed by atoms with Gasteiger partial charge in [0.2, 0.25) is 0 Å². The summed E-state index contributed by atoms with van der Waals surface area (Å²) in [4.78, 5) is 25.1. The number of aromatic nitrogens is 1. The van der Waals surface area contributed by atoms with Crippen LogP contribution in [0.15, 0.2) is 30.5 Å². The summed E-state index contributed by atoms with van der Waals surface area (Å²) in [6, 6.07) is 6.86. The molecule has 0 spiro atoms. The van der Waals surface area contributed by atoms with Crippen molar-refractivity contribution in [2.45, 2.75) is 6.92 Å². The van der Waals surface area contributed by atoms with Gasteiger partial charge >= 0.3 is 0 Å². The Hall–Kier alpha value is -2.56. The quantitative estimate of drug-likeness (QED) is 0.568. The average Bonchev–Trinajstić information content (AvgIpc) is 2.81. The van der Waals surface area contributed by atoms with E-state index in [0.717, 1.165) is 5.56 Å². The maximum atomic E-state index is 11.9. The molecule has 0 bridgehead atoms. The number of anilines is 2. The second-order valence-electron chi connectivity index (χ2n) is 4.01. The van der Waals surface area contributed by atoms with E-state index in [1.165, 1.54) is 12.3 Å². The maximum Gasteiger partial charge on any atom is 0.272 e. The Morgan fingerprint density at radius 1 is 1.39 bits per heavy atom. The van der Waals surface area contributed by atoms with Crippen LogP contribution in [0.25, 0.3) is 0 Å². The molecule has 2 aromatic rings. The monoisotopic (exact) mass is 243 g/mol. The normalized spacial score (nSPS) is 10.1. The van der Waals surface area contributed by atoms with Gasteiger partial charge in [-0.3, -0.25) is 9.59 Å². The summed E-state index contributed by atoms with van der Waals surface area (Å²) in [6.45, 7) is 1.92. The van der Waals surface area contributed by atoms with Crippen LogP contribution in [0.3, 0.4) is 0 Å². The fraction of sp³-hybridized carbons (Fsp3) is 0.0769. The molecular formula is C13H13N3O2. The minimum Gasteiger partial charge on any atom is -0.397 e. The Morgan fingerprint density at radius 3 is 2.78 bits per heavy atom. The van der Waals surface area contributed by atoms with Crippen LogP contribution in [-0.2, 0) is 0 Å². The van der Waals surface area contributed by atoms with Gasteiger partial charge in [0.1, 0.15) is 5.69 Å². The molecule has 2 rings (SSSR count). The number of amides is 1. The van der Waals surface area contributed by atoms with Crippen molar-refractivity contribution in [3.63, 3.8) is 0 Å². The third-order valence-corrected chi connectivity index (χ3v) is 2.54. The van der Waals surface area contributed by atoms with Crippen LogP contribution >= 0.6 is 0 Å². The second-order valence-corrected chi connectivity index (χ2v) is 4.01. The number of carbonyl (C=O) groups is 2. The van der Waals surface area contributed by atoms with Crippen LogP contribution < -0.4 is 11.1 Å². The molecule has 92 valence electrons. The zero-order valence-electron chi connectivity index (χ0n) is 9.86. The zero-order chi connectivity index (χ0) is 13.1. The van der Waals surface area contributed by atoms with Gasteiger partial charge in [-0.2, -0.15) is 0 Å². The highest BCUT2D eigenvalue weighted by Crippen LogP contribution is 2.20. The highest BCUT2D eigenvalue weighted by Gasteiger charge is 2.10. The van der Waals surface area contributed by atoms with Crippen molar-refractivity contribution in [1.82, 2.24) is 4.98 Å². The smallest absolute Gasteiger partial charge is 0.272 e. The summed E-state index contributed by atoms with van der Waals surface area (Å²) >= 11 is 0. The summed E-state index contributed by atoms with van der Waals surface area (Å²) in [5.41, 5.74) is 8.62. The first-order chi connectivity index (χ1) is 8.60. The summed E-state index contributed by atoms with van der Waals surface area (Å²) in [6.07, 6.45) is 2.15. The lowest BCUT2D eigenvalue weighted by atomic mass is 10.2. The van der Waals surface area contributed by atoms with Crippen molar-refractivity contribution in [2.75, 3.05) is 11.1 Å². The highest BCUT2D eigenvalue weighted by atomic mass is 16.2. The summed E-state index contributed by atoms with van der Waals surface area (Å²) in [7, 11) is 0. The SMILES string of the molecule is Cc1ccc(NC(=O)c2cc(C=O)c[nH]2)c(N)c1. The van der Waals surface area contributed by atoms with Gasteiger partial charge in [0.05, 0.1) is 11.4 Å². The number of nitrogen functional groups attached to an aromatic ring is 1. The number of nitrogens with one attached hydrogen (secondary N) is 2. The Bertz CT molecular complexity index is 602. The number of hydrogen-bond donors (Lipinski definition) is 3. The molecule has 0 radical (unpaired) electrons. The molecule has 0 fully saturated rings. The number of hydrogen-bond acceptors (Lipinski definition) is 3. The number of nitrogens with two attached hydrogens (primary N) is 1. The lowest BCUT2D eigenvalue weighted by Gasteiger charge is -2.07. The number of aromatic amines is 1. The minimum absolute atomic E-state index is 0.317. The van der Waals surface area contributed by atoms with E-state index in [1.54, 1.807) is 12.1 Å². The van der Waals surface area contributed by atoms with Gasteiger partial charge in [-0.05, 0) is 30.7 Å². The van der Waals surface area contributed by atoms with E-state index in [0.29, 0.717) is 28.9 Å². The van der Waals surface area contributed by atoms with Crippen molar-refractivity contribution in [1.29, 1.82) is 0 Å². The van der Waals surface area contributed by atoms with Gasteiger partial charge in [-0.15, -0.1) is 0 Å². The van der Waals surface area contributed by atoms with Gasteiger partial charge in [0, 0.05) is 11.8 Å². The van der Waals surface area contributed by atoms with E-state index >= 15 is 0 Å². The van der Waals surface area contributed by atoms with E-state index < -0.39 is 0 Å². The van der Waals surface area contributed by atoms with Crippen LogP contribution in [-0.4, -0.2) is 17.2 Å². The highest BCUT2D eigenvalue weighted by molar-refractivity contribution is 6.05. The fourth-order valence-electron chi connectivity index (χ4n) is 1.60. The molecule has 1 aromatic carbocycles. The van der Waals surface area contributed by atoms with Crippen LogP contribution in [0, 0.1) is 6.92 Å². The molecule has 0 aliphatic carbocycles. The first-order valence-corrected chi connectivity index (χ1v) is 5.41. The predicted molar refractivity (Wildman–Crippen MR) is 69.7 cm³/mol. The standard InChI is InChI=1S/C13H13N3O2/c1-8-2-3-11(10(14)4-8)16-13(18)12-5-9(7-17)6-15-12/h2-7,15H,14H2,1H3,(H,16,18). The molecule has 18 heavy (non-hydrogen) atoms. The molecule has 5 heteroatoms. The number of carbonyl (C=O) groups excluding carboxylic acids is 2. The second kappa shape index (κ2) is 4.75. The van der Waals surface area contributed by atoms with Crippen LogP contribution in [0.5, 0.6) is 0 Å². The first kappa shape index (κ1) is 11.9. The fourth-order valence-corrected chi connectivity index (χ4v) is 1.60. The van der Waals surface area contributed by atoms with Crippen LogP contribution in [0.1, 0.15) is 26.4 Å². The van der Waals surface area contributed by atoms with Crippen molar-refractivity contribution in [2.24, 2.45) is 0 Å². The van der Waals surface area contributed by atoms with Crippen molar-refractivity contribution in [3.05, 3.63) is 47.3 Å². The number of aldehydes is 1. The number of aryl methyl sites for hydroxylation is 1. The molecular weight excluding hydrogens is 230 g/mol. The third-order valence-electron chi connectivity index (χ3n) is 2.54.